The predicted octanol–water partition coefficient (Wildman–Crippen LogP) is 0.123. The van der Waals surface area contributed by atoms with E-state index in [9.17, 15) is 14.7 Å². The number of likely N-dealkylation sites (tertiary alicyclic amines) is 1. The van der Waals surface area contributed by atoms with Gasteiger partial charge in [-0.3, -0.25) is 4.79 Å². The molecule has 1 aliphatic rings. The van der Waals surface area contributed by atoms with Crippen LogP contribution >= 0.6 is 0 Å². The maximum absolute atomic E-state index is 11.7. The standard InChI is InChI=1S/C11H19NO5/c1-11(2,3)17-10(16)12-5-7(4-9(12)15)8(14)6-13/h7-8,13-14H,4-6H2,1-3H3. The molecule has 1 fully saturated rings. The summed E-state index contributed by atoms with van der Waals surface area (Å²) in [6.07, 6.45) is -1.62. The molecule has 6 nitrogen and oxygen atoms in total. The average Bonchev–Trinajstić information content (AvgIpc) is 2.56. The maximum Gasteiger partial charge on any atom is 0.417 e. The summed E-state index contributed by atoms with van der Waals surface area (Å²) in [7, 11) is 0. The van der Waals surface area contributed by atoms with Crippen LogP contribution in [0.4, 0.5) is 4.79 Å². The van der Waals surface area contributed by atoms with Crippen molar-refractivity contribution in [2.24, 2.45) is 5.92 Å². The van der Waals surface area contributed by atoms with Crippen LogP contribution in [0, 0.1) is 5.92 Å². The molecule has 98 valence electrons. The number of amides is 2. The summed E-state index contributed by atoms with van der Waals surface area (Å²) >= 11 is 0. The van der Waals surface area contributed by atoms with E-state index in [4.69, 9.17) is 9.84 Å². The van der Waals surface area contributed by atoms with E-state index in [1.807, 2.05) is 0 Å². The van der Waals surface area contributed by atoms with Crippen LogP contribution in [-0.2, 0) is 9.53 Å². The lowest BCUT2D eigenvalue weighted by atomic mass is 10.0. The van der Waals surface area contributed by atoms with Crippen molar-refractivity contribution in [2.75, 3.05) is 13.2 Å². The normalized spacial score (nSPS) is 22.8. The van der Waals surface area contributed by atoms with Crippen LogP contribution in [0.25, 0.3) is 0 Å². The van der Waals surface area contributed by atoms with Crippen LogP contribution in [-0.4, -0.2) is 52.0 Å². The highest BCUT2D eigenvalue weighted by molar-refractivity contribution is 5.93. The number of imide groups is 1. The van der Waals surface area contributed by atoms with Crippen LogP contribution in [0.2, 0.25) is 0 Å². The Morgan fingerprint density at radius 3 is 2.65 bits per heavy atom. The molecule has 6 heteroatoms. The number of hydrogen-bond donors (Lipinski definition) is 2. The number of ether oxygens (including phenoxy) is 1. The highest BCUT2D eigenvalue weighted by Crippen LogP contribution is 2.23. The molecule has 0 aromatic heterocycles. The van der Waals surface area contributed by atoms with E-state index in [0.29, 0.717) is 0 Å². The molecule has 0 saturated carbocycles. The van der Waals surface area contributed by atoms with Gasteiger partial charge < -0.3 is 14.9 Å². The fourth-order valence-electron chi connectivity index (χ4n) is 1.64. The van der Waals surface area contributed by atoms with Gasteiger partial charge in [0.25, 0.3) is 0 Å². The van der Waals surface area contributed by atoms with Crippen molar-refractivity contribution in [3.63, 3.8) is 0 Å². The largest absolute Gasteiger partial charge is 0.443 e. The van der Waals surface area contributed by atoms with E-state index >= 15 is 0 Å². The Morgan fingerprint density at radius 1 is 1.59 bits per heavy atom. The second-order valence-corrected chi connectivity index (χ2v) is 5.20. The predicted molar refractivity (Wildman–Crippen MR) is 59.1 cm³/mol. The van der Waals surface area contributed by atoms with E-state index in [1.165, 1.54) is 0 Å². The molecule has 0 aliphatic carbocycles. The van der Waals surface area contributed by atoms with Crippen molar-refractivity contribution in [1.82, 2.24) is 4.90 Å². The van der Waals surface area contributed by atoms with Crippen molar-refractivity contribution >= 4 is 12.0 Å². The molecular formula is C11H19NO5. The van der Waals surface area contributed by atoms with Crippen LogP contribution in [0.1, 0.15) is 27.2 Å². The molecule has 1 saturated heterocycles. The van der Waals surface area contributed by atoms with Gasteiger partial charge in [0.2, 0.25) is 5.91 Å². The summed E-state index contributed by atoms with van der Waals surface area (Å²) in [6.45, 7) is 4.82. The molecule has 0 radical (unpaired) electrons. The third kappa shape index (κ3) is 3.67. The molecule has 2 N–H and O–H groups in total. The Balaban J connectivity index is 2.62. The molecule has 1 heterocycles. The summed E-state index contributed by atoms with van der Waals surface area (Å²) < 4.78 is 5.08. The highest BCUT2D eigenvalue weighted by atomic mass is 16.6. The van der Waals surface area contributed by atoms with Gasteiger partial charge in [0.15, 0.2) is 0 Å². The van der Waals surface area contributed by atoms with Gasteiger partial charge in [-0.15, -0.1) is 0 Å². The minimum atomic E-state index is -0.980. The number of aliphatic hydroxyl groups is 2. The Morgan fingerprint density at radius 2 is 2.18 bits per heavy atom. The molecule has 1 aliphatic heterocycles. The smallest absolute Gasteiger partial charge is 0.417 e. The van der Waals surface area contributed by atoms with Gasteiger partial charge in [-0.25, -0.2) is 9.69 Å². The lowest BCUT2D eigenvalue weighted by Crippen LogP contribution is -2.38. The fraction of sp³-hybridized carbons (Fsp3) is 0.818. The number of carbonyl (C=O) groups is 2. The zero-order valence-corrected chi connectivity index (χ0v) is 10.3. The topological polar surface area (TPSA) is 87.1 Å². The van der Waals surface area contributed by atoms with Gasteiger partial charge in [-0.1, -0.05) is 0 Å². The number of aliphatic hydroxyl groups excluding tert-OH is 2. The third-order valence-electron chi connectivity index (χ3n) is 2.50. The average molecular weight is 245 g/mol. The number of hydrogen-bond acceptors (Lipinski definition) is 5. The molecule has 2 atom stereocenters. The first-order valence-corrected chi connectivity index (χ1v) is 5.57. The summed E-state index contributed by atoms with van der Waals surface area (Å²) in [4.78, 5) is 24.2. The van der Waals surface area contributed by atoms with Gasteiger partial charge in [0.05, 0.1) is 12.7 Å². The lowest BCUT2D eigenvalue weighted by molar-refractivity contribution is -0.127. The summed E-state index contributed by atoms with van der Waals surface area (Å²) in [5.41, 5.74) is -0.662. The van der Waals surface area contributed by atoms with E-state index in [0.717, 1.165) is 4.90 Å². The number of rotatable bonds is 2. The molecule has 2 amide bonds. The Hall–Kier alpha value is -1.14. The molecule has 17 heavy (non-hydrogen) atoms. The Bertz CT molecular complexity index is 309. The van der Waals surface area contributed by atoms with Crippen molar-refractivity contribution < 1.29 is 24.5 Å². The van der Waals surface area contributed by atoms with Crippen LogP contribution in [0.5, 0.6) is 0 Å². The second-order valence-electron chi connectivity index (χ2n) is 5.20. The summed E-state index contributed by atoms with van der Waals surface area (Å²) in [5, 5.41) is 18.2. The first kappa shape index (κ1) is 13.9. The van der Waals surface area contributed by atoms with Crippen molar-refractivity contribution in [1.29, 1.82) is 0 Å². The SMILES string of the molecule is CC(C)(C)OC(=O)N1CC(C(O)CO)CC1=O. The van der Waals surface area contributed by atoms with E-state index in [-0.39, 0.29) is 18.9 Å². The fourth-order valence-corrected chi connectivity index (χ4v) is 1.64. The van der Waals surface area contributed by atoms with Gasteiger partial charge in [-0.2, -0.15) is 0 Å². The lowest BCUT2D eigenvalue weighted by Gasteiger charge is -2.23. The first-order valence-electron chi connectivity index (χ1n) is 5.57. The van der Waals surface area contributed by atoms with E-state index < -0.39 is 30.3 Å². The van der Waals surface area contributed by atoms with Crippen molar-refractivity contribution in [2.45, 2.75) is 38.9 Å². The van der Waals surface area contributed by atoms with Gasteiger partial charge >= 0.3 is 6.09 Å². The number of nitrogens with zero attached hydrogens (tertiary/aromatic N) is 1. The maximum atomic E-state index is 11.7. The van der Waals surface area contributed by atoms with Crippen LogP contribution in [0.15, 0.2) is 0 Å². The second kappa shape index (κ2) is 5.01. The Labute approximate surface area is 100 Å². The zero-order valence-electron chi connectivity index (χ0n) is 10.3. The van der Waals surface area contributed by atoms with Crippen molar-refractivity contribution in [3.8, 4) is 0 Å². The molecule has 1 rings (SSSR count). The van der Waals surface area contributed by atoms with E-state index in [1.54, 1.807) is 20.8 Å². The van der Waals surface area contributed by atoms with Gasteiger partial charge in [0.1, 0.15) is 5.60 Å². The molecule has 0 aromatic rings. The summed E-state index contributed by atoms with van der Waals surface area (Å²) in [5.74, 6) is -0.795. The monoisotopic (exact) mass is 245 g/mol. The van der Waals surface area contributed by atoms with Gasteiger partial charge in [-0.05, 0) is 20.8 Å². The first-order chi connectivity index (χ1) is 7.74. The molecule has 0 aromatic carbocycles. The zero-order chi connectivity index (χ0) is 13.2. The number of carbonyl (C=O) groups excluding carboxylic acids is 2. The molecule has 2 unspecified atom stereocenters. The molecule has 0 spiro atoms. The highest BCUT2D eigenvalue weighted by Gasteiger charge is 2.39. The summed E-state index contributed by atoms with van der Waals surface area (Å²) in [6, 6.07) is 0. The van der Waals surface area contributed by atoms with E-state index in [2.05, 4.69) is 0 Å². The van der Waals surface area contributed by atoms with Crippen molar-refractivity contribution in [3.05, 3.63) is 0 Å². The van der Waals surface area contributed by atoms with Gasteiger partial charge in [0, 0.05) is 18.9 Å². The molecular weight excluding hydrogens is 226 g/mol. The Kier molecular flexibility index (Phi) is 4.11. The van der Waals surface area contributed by atoms with Crippen LogP contribution < -0.4 is 0 Å². The minimum absolute atomic E-state index is 0.0565. The van der Waals surface area contributed by atoms with Crippen LogP contribution in [0.3, 0.4) is 0 Å². The minimum Gasteiger partial charge on any atom is -0.443 e. The quantitative estimate of drug-likeness (QED) is 0.721. The third-order valence-corrected chi connectivity index (χ3v) is 2.50. The molecule has 0 bridgehead atoms.